The van der Waals surface area contributed by atoms with Crippen molar-refractivity contribution in [3.63, 3.8) is 0 Å². The third kappa shape index (κ3) is 6.91. The second-order valence-corrected chi connectivity index (χ2v) is 13.9. The second kappa shape index (κ2) is 13.5. The first-order valence-corrected chi connectivity index (χ1v) is 16.8. The maximum atomic E-state index is 5.76. The van der Waals surface area contributed by atoms with Crippen molar-refractivity contribution in [1.29, 1.82) is 0 Å². The molecule has 0 spiro atoms. The number of nitrogens with one attached hydrogen (secondary N) is 2. The molecule has 0 heterocycles. The third-order valence-electron chi connectivity index (χ3n) is 11.5. The Labute approximate surface area is 238 Å². The van der Waals surface area contributed by atoms with Gasteiger partial charge >= 0.3 is 0 Å². The number of hydrogen-bond donors (Lipinski definition) is 3. The minimum Gasteiger partial charge on any atom is -0.330 e. The first-order valence-electron chi connectivity index (χ1n) is 16.8. The zero-order valence-corrected chi connectivity index (χ0v) is 24.4. The highest BCUT2D eigenvalue weighted by Crippen LogP contribution is 2.43. The zero-order valence-electron chi connectivity index (χ0n) is 24.4. The minimum atomic E-state index is 0.639. The van der Waals surface area contributed by atoms with E-state index in [1.165, 1.54) is 77.0 Å². The highest BCUT2D eigenvalue weighted by molar-refractivity contribution is 5.28. The Kier molecular flexibility index (Phi) is 9.60. The van der Waals surface area contributed by atoms with Gasteiger partial charge in [0, 0.05) is 12.1 Å². The van der Waals surface area contributed by atoms with Gasteiger partial charge in [-0.2, -0.15) is 0 Å². The molecule has 3 nitrogen and oxygen atoms in total. The monoisotopic (exact) mass is 529 g/mol. The van der Waals surface area contributed by atoms with Gasteiger partial charge in [-0.3, -0.25) is 0 Å². The molecule has 0 aromatic rings. The Hall–Kier alpha value is -1.42. The lowest BCUT2D eigenvalue weighted by atomic mass is 9.69. The van der Waals surface area contributed by atoms with Crippen molar-refractivity contribution in [3.8, 4) is 0 Å². The van der Waals surface area contributed by atoms with Gasteiger partial charge in [0.05, 0.1) is 0 Å². The largest absolute Gasteiger partial charge is 0.330 e. The molecule has 0 aromatic carbocycles. The van der Waals surface area contributed by atoms with Gasteiger partial charge in [-0.15, -0.1) is 0 Å². The number of allylic oxidation sites excluding steroid dienone is 10. The summed E-state index contributed by atoms with van der Waals surface area (Å²) >= 11 is 0. The fourth-order valence-corrected chi connectivity index (χ4v) is 9.09. The Morgan fingerprint density at radius 3 is 2.38 bits per heavy atom. The maximum absolute atomic E-state index is 5.76. The summed E-state index contributed by atoms with van der Waals surface area (Å²) in [7, 11) is 0. The summed E-state index contributed by atoms with van der Waals surface area (Å²) in [4.78, 5) is 0. The van der Waals surface area contributed by atoms with Crippen LogP contribution in [0, 0.1) is 47.3 Å². The second-order valence-electron chi connectivity index (χ2n) is 13.9. The van der Waals surface area contributed by atoms with Crippen molar-refractivity contribution < 1.29 is 0 Å². The topological polar surface area (TPSA) is 50.1 Å². The summed E-state index contributed by atoms with van der Waals surface area (Å²) in [6.45, 7) is 3.00. The lowest BCUT2D eigenvalue weighted by Gasteiger charge is -2.40. The van der Waals surface area contributed by atoms with E-state index in [9.17, 15) is 0 Å². The molecule has 6 aliphatic rings. The van der Waals surface area contributed by atoms with Crippen LogP contribution in [0.15, 0.2) is 60.3 Å². The van der Waals surface area contributed by atoms with Crippen molar-refractivity contribution in [2.75, 3.05) is 19.6 Å². The summed E-state index contributed by atoms with van der Waals surface area (Å²) in [6, 6.07) is 1.36. The van der Waals surface area contributed by atoms with Crippen LogP contribution >= 0.6 is 0 Å². The molecule has 2 fully saturated rings. The van der Waals surface area contributed by atoms with E-state index in [0.29, 0.717) is 12.0 Å². The van der Waals surface area contributed by atoms with Gasteiger partial charge < -0.3 is 16.4 Å². The molecule has 4 N–H and O–H groups in total. The predicted octanol–water partition coefficient (Wildman–Crippen LogP) is 7.10. The van der Waals surface area contributed by atoms with Crippen LogP contribution in [0.1, 0.15) is 83.5 Å². The van der Waals surface area contributed by atoms with Crippen LogP contribution in [-0.4, -0.2) is 31.7 Å². The lowest BCUT2D eigenvalue weighted by molar-refractivity contribution is 0.201. The van der Waals surface area contributed by atoms with E-state index in [0.717, 1.165) is 73.5 Å². The van der Waals surface area contributed by atoms with Gasteiger partial charge in [-0.25, -0.2) is 0 Å². The van der Waals surface area contributed by atoms with E-state index >= 15 is 0 Å². The molecule has 10 unspecified atom stereocenters. The Balaban J connectivity index is 1.05. The van der Waals surface area contributed by atoms with Crippen LogP contribution < -0.4 is 16.4 Å². The average molecular weight is 530 g/mol. The summed E-state index contributed by atoms with van der Waals surface area (Å²) in [5.74, 6) is 6.24. The predicted molar refractivity (Wildman–Crippen MR) is 165 cm³/mol. The van der Waals surface area contributed by atoms with E-state index in [1.54, 1.807) is 5.57 Å². The van der Waals surface area contributed by atoms with E-state index in [1.807, 2.05) is 0 Å². The number of fused-ring (bicyclic) bond motifs is 1. The normalized spacial score (nSPS) is 41.6. The lowest BCUT2D eigenvalue weighted by Crippen LogP contribution is -2.48. The molecule has 0 aromatic heterocycles. The molecule has 10 atom stereocenters. The van der Waals surface area contributed by atoms with Crippen molar-refractivity contribution in [3.05, 3.63) is 60.3 Å². The maximum Gasteiger partial charge on any atom is 0.0116 e. The summed E-state index contributed by atoms with van der Waals surface area (Å²) in [5.41, 5.74) is 7.40. The van der Waals surface area contributed by atoms with Crippen LogP contribution in [-0.2, 0) is 0 Å². The summed E-state index contributed by atoms with van der Waals surface area (Å²) in [6.07, 6.45) is 40.0. The highest BCUT2D eigenvalue weighted by Gasteiger charge is 2.37. The standard InChI is InChI=1S/C36H55N3/c37-20-5-21-38-25-34-17-16-33(24-36(34)39-35-19-18-32(23-35)26-6-1-2-7-26)29-12-10-28(11-13-29)31-15-14-27-8-3-4-9-30(27)22-31/h1,4,6,9-10,12-15,26-28,30-36,38-39H,2-3,5,7-8,11,16-25,37H2. The van der Waals surface area contributed by atoms with Gasteiger partial charge in [0.2, 0.25) is 0 Å². The molecule has 39 heavy (non-hydrogen) atoms. The SMILES string of the molecule is NCCCNCC1CCC(C2=CCC(C3C=CC4CCC=CC4C3)C=C2)CC1NC1CCC(C2C=CCC2)C1. The fraction of sp³-hybridized carbons (Fsp3) is 0.722. The van der Waals surface area contributed by atoms with E-state index in [2.05, 4.69) is 65.3 Å². The Morgan fingerprint density at radius 1 is 0.744 bits per heavy atom. The van der Waals surface area contributed by atoms with E-state index in [4.69, 9.17) is 5.73 Å². The van der Waals surface area contributed by atoms with E-state index < -0.39 is 0 Å². The van der Waals surface area contributed by atoms with Crippen LogP contribution in [0.5, 0.6) is 0 Å². The third-order valence-corrected chi connectivity index (χ3v) is 11.5. The van der Waals surface area contributed by atoms with Crippen molar-refractivity contribution in [2.45, 2.75) is 95.6 Å². The van der Waals surface area contributed by atoms with E-state index in [-0.39, 0.29) is 0 Å². The highest BCUT2D eigenvalue weighted by atomic mass is 15.0. The first-order chi connectivity index (χ1) is 19.3. The van der Waals surface area contributed by atoms with Crippen LogP contribution in [0.25, 0.3) is 0 Å². The molecular weight excluding hydrogens is 474 g/mol. The van der Waals surface area contributed by atoms with Gasteiger partial charge in [0.1, 0.15) is 0 Å². The van der Waals surface area contributed by atoms with Crippen LogP contribution in [0.4, 0.5) is 0 Å². The first kappa shape index (κ1) is 27.7. The number of nitrogens with two attached hydrogens (primary N) is 1. The minimum absolute atomic E-state index is 0.639. The molecule has 3 heteroatoms. The molecule has 2 saturated carbocycles. The quantitative estimate of drug-likeness (QED) is 0.209. The number of hydrogen-bond acceptors (Lipinski definition) is 3. The Morgan fingerprint density at radius 2 is 1.56 bits per heavy atom. The molecule has 6 rings (SSSR count). The van der Waals surface area contributed by atoms with Crippen molar-refractivity contribution >= 4 is 0 Å². The number of rotatable bonds is 10. The molecule has 6 aliphatic carbocycles. The summed E-state index contributed by atoms with van der Waals surface area (Å²) in [5, 5.41) is 8.01. The van der Waals surface area contributed by atoms with Gasteiger partial charge in [-0.1, -0.05) is 54.7 Å². The molecule has 214 valence electrons. The Bertz CT molecular complexity index is 943. The van der Waals surface area contributed by atoms with Crippen molar-refractivity contribution in [1.82, 2.24) is 10.6 Å². The molecule has 0 radical (unpaired) electrons. The smallest absolute Gasteiger partial charge is 0.0116 e. The molecular formula is C36H55N3. The molecule has 0 aliphatic heterocycles. The summed E-state index contributed by atoms with van der Waals surface area (Å²) < 4.78 is 0. The van der Waals surface area contributed by atoms with Crippen LogP contribution in [0.3, 0.4) is 0 Å². The van der Waals surface area contributed by atoms with Crippen molar-refractivity contribution in [2.24, 2.45) is 53.1 Å². The molecule has 0 saturated heterocycles. The molecule has 0 amide bonds. The van der Waals surface area contributed by atoms with Gasteiger partial charge in [0.15, 0.2) is 0 Å². The zero-order chi connectivity index (χ0) is 26.4. The molecule has 0 bridgehead atoms. The van der Waals surface area contributed by atoms with Gasteiger partial charge in [0.25, 0.3) is 0 Å². The van der Waals surface area contributed by atoms with Gasteiger partial charge in [-0.05, 0) is 156 Å². The fourth-order valence-electron chi connectivity index (χ4n) is 9.09. The van der Waals surface area contributed by atoms with Crippen LogP contribution in [0.2, 0.25) is 0 Å². The average Bonchev–Trinajstić information content (AvgIpc) is 3.69.